The molecule has 3 atom stereocenters. The molecule has 24 heavy (non-hydrogen) atoms. The highest BCUT2D eigenvalue weighted by atomic mass is 79.9. The van der Waals surface area contributed by atoms with Crippen LogP contribution in [0.3, 0.4) is 0 Å². The molecule has 2 aliphatic heterocycles. The van der Waals surface area contributed by atoms with E-state index in [1.807, 2.05) is 0 Å². The Bertz CT molecular complexity index is 689. The second kappa shape index (κ2) is 6.99. The molecule has 3 rings (SSSR count). The third kappa shape index (κ3) is 3.30. The number of amides is 1. The van der Waals surface area contributed by atoms with Gasteiger partial charge < -0.3 is 14.9 Å². The van der Waals surface area contributed by atoms with Crippen LogP contribution in [0.2, 0.25) is 0 Å². The summed E-state index contributed by atoms with van der Waals surface area (Å²) in [5.74, 6) is 0.0707. The lowest BCUT2D eigenvalue weighted by atomic mass is 9.75. The zero-order valence-corrected chi connectivity index (χ0v) is 14.9. The summed E-state index contributed by atoms with van der Waals surface area (Å²) >= 11 is 4.63. The van der Waals surface area contributed by atoms with Crippen LogP contribution in [0.4, 0.5) is 9.18 Å². The summed E-state index contributed by atoms with van der Waals surface area (Å²) in [6.07, 6.45) is -1.00. The van der Waals surface area contributed by atoms with Crippen molar-refractivity contribution in [1.29, 1.82) is 0 Å². The Morgan fingerprint density at radius 2 is 2.38 bits per heavy atom. The lowest BCUT2D eigenvalue weighted by Crippen LogP contribution is -2.51. The van der Waals surface area contributed by atoms with Gasteiger partial charge in [-0.3, -0.25) is 5.32 Å². The number of aliphatic imine (C=N–C) groups is 1. The van der Waals surface area contributed by atoms with Crippen LogP contribution < -0.4 is 5.32 Å². The van der Waals surface area contributed by atoms with Gasteiger partial charge in [0.25, 0.3) is 0 Å². The van der Waals surface area contributed by atoms with Crippen molar-refractivity contribution in [2.24, 2.45) is 10.9 Å². The van der Waals surface area contributed by atoms with E-state index in [1.165, 1.54) is 17.8 Å². The molecule has 0 saturated carbocycles. The fraction of sp³-hybridized carbons (Fsp3) is 0.467. The molecule has 1 aromatic rings. The fourth-order valence-electron chi connectivity index (χ4n) is 3.14. The first-order valence-electron chi connectivity index (χ1n) is 7.35. The lowest BCUT2D eigenvalue weighted by Gasteiger charge is -2.46. The molecule has 1 fully saturated rings. The number of aliphatic hydroxyl groups is 1. The van der Waals surface area contributed by atoms with Gasteiger partial charge in [0.1, 0.15) is 11.4 Å². The average Bonchev–Trinajstić information content (AvgIpc) is 2.55. The van der Waals surface area contributed by atoms with Gasteiger partial charge in [-0.2, -0.15) is 0 Å². The molecule has 0 bridgehead atoms. The van der Waals surface area contributed by atoms with Gasteiger partial charge >= 0.3 is 6.09 Å². The maximum Gasteiger partial charge on any atom is 0.410 e. The first kappa shape index (κ1) is 17.7. The maximum absolute atomic E-state index is 14.5. The molecule has 0 aromatic heterocycles. The van der Waals surface area contributed by atoms with E-state index >= 15 is 0 Å². The molecule has 130 valence electrons. The minimum atomic E-state index is -1.21. The molecule has 0 radical (unpaired) electrons. The molecule has 0 aliphatic carbocycles. The van der Waals surface area contributed by atoms with Gasteiger partial charge in [-0.1, -0.05) is 27.7 Å². The number of ether oxygens (including phenoxy) is 1. The molecule has 9 heteroatoms. The number of carbonyl (C=O) groups is 1. The third-order valence-electron chi connectivity index (χ3n) is 4.30. The number of rotatable bonds is 2. The SMILES string of the molecule is O=C(O)NC1=N[C@@]2(c3cc(Br)ccc3F)CO[C@@H](CO)C[C@H]2CS1. The lowest BCUT2D eigenvalue weighted by molar-refractivity contribution is -0.0771. The Kier molecular flexibility index (Phi) is 5.14. The maximum atomic E-state index is 14.5. The van der Waals surface area contributed by atoms with Crippen LogP contribution in [0.15, 0.2) is 27.7 Å². The largest absolute Gasteiger partial charge is 0.465 e. The van der Waals surface area contributed by atoms with E-state index in [0.717, 1.165) is 0 Å². The van der Waals surface area contributed by atoms with E-state index in [4.69, 9.17) is 9.84 Å². The van der Waals surface area contributed by atoms with Crippen LogP contribution in [0.1, 0.15) is 12.0 Å². The van der Waals surface area contributed by atoms with Crippen LogP contribution in [-0.4, -0.2) is 46.5 Å². The highest BCUT2D eigenvalue weighted by Crippen LogP contribution is 2.47. The Morgan fingerprint density at radius 3 is 3.08 bits per heavy atom. The van der Waals surface area contributed by atoms with E-state index in [2.05, 4.69) is 26.2 Å². The van der Waals surface area contributed by atoms with Crippen LogP contribution in [0.5, 0.6) is 0 Å². The first-order valence-corrected chi connectivity index (χ1v) is 9.13. The predicted molar refractivity (Wildman–Crippen MR) is 91.8 cm³/mol. The van der Waals surface area contributed by atoms with Gasteiger partial charge in [0.2, 0.25) is 0 Å². The highest BCUT2D eigenvalue weighted by molar-refractivity contribution is 9.10. The topological polar surface area (TPSA) is 91.2 Å². The van der Waals surface area contributed by atoms with E-state index < -0.39 is 17.4 Å². The van der Waals surface area contributed by atoms with Gasteiger partial charge in [-0.25, -0.2) is 14.2 Å². The first-order chi connectivity index (χ1) is 11.4. The molecule has 2 heterocycles. The summed E-state index contributed by atoms with van der Waals surface area (Å²) in [6.45, 7) is -0.0240. The number of hydrogen-bond acceptors (Lipinski definition) is 5. The molecule has 6 nitrogen and oxygen atoms in total. The Labute approximate surface area is 150 Å². The minimum Gasteiger partial charge on any atom is -0.465 e. The summed E-state index contributed by atoms with van der Waals surface area (Å²) in [5, 5.41) is 20.8. The van der Waals surface area contributed by atoms with Crippen molar-refractivity contribution in [2.45, 2.75) is 18.1 Å². The van der Waals surface area contributed by atoms with E-state index in [9.17, 15) is 14.3 Å². The zero-order chi connectivity index (χ0) is 17.3. The Morgan fingerprint density at radius 1 is 1.58 bits per heavy atom. The van der Waals surface area contributed by atoms with Crippen molar-refractivity contribution in [1.82, 2.24) is 5.32 Å². The second-order valence-electron chi connectivity index (χ2n) is 5.75. The van der Waals surface area contributed by atoms with E-state index in [-0.39, 0.29) is 30.4 Å². The second-order valence-corrected chi connectivity index (χ2v) is 7.68. The molecule has 1 aromatic carbocycles. The van der Waals surface area contributed by atoms with Gasteiger partial charge in [-0.15, -0.1) is 0 Å². The average molecular weight is 419 g/mol. The zero-order valence-electron chi connectivity index (χ0n) is 12.5. The number of nitrogens with one attached hydrogen (secondary N) is 1. The number of halogens is 2. The van der Waals surface area contributed by atoms with Crippen LogP contribution in [0, 0.1) is 11.7 Å². The number of thioether (sulfide) groups is 1. The van der Waals surface area contributed by atoms with Crippen LogP contribution >= 0.6 is 27.7 Å². The molecule has 1 saturated heterocycles. The van der Waals surface area contributed by atoms with Crippen molar-refractivity contribution in [3.05, 3.63) is 34.1 Å². The number of nitrogens with zero attached hydrogens (tertiary/aromatic N) is 1. The number of fused-ring (bicyclic) bond motifs is 1. The number of carboxylic acid groups (broad SMARTS) is 1. The molecule has 3 N–H and O–H groups in total. The fourth-order valence-corrected chi connectivity index (χ4v) is 4.65. The monoisotopic (exact) mass is 418 g/mol. The van der Waals surface area contributed by atoms with E-state index in [0.29, 0.717) is 22.2 Å². The van der Waals surface area contributed by atoms with Crippen molar-refractivity contribution in [2.75, 3.05) is 19.0 Å². The Hall–Kier alpha value is -1.16. The Balaban J connectivity index is 2.08. The normalized spacial score (nSPS) is 29.5. The molecule has 0 spiro atoms. The molecule has 0 unspecified atom stereocenters. The van der Waals surface area contributed by atoms with Crippen molar-refractivity contribution in [3.8, 4) is 0 Å². The van der Waals surface area contributed by atoms with E-state index in [1.54, 1.807) is 12.1 Å². The highest BCUT2D eigenvalue weighted by Gasteiger charge is 2.49. The summed E-state index contributed by atoms with van der Waals surface area (Å²) in [6, 6.07) is 4.61. The smallest absolute Gasteiger partial charge is 0.410 e. The summed E-state index contributed by atoms with van der Waals surface area (Å²) in [7, 11) is 0. The number of hydrogen-bond donors (Lipinski definition) is 3. The third-order valence-corrected chi connectivity index (χ3v) is 5.83. The van der Waals surface area contributed by atoms with Crippen molar-refractivity contribution >= 4 is 39.0 Å². The van der Waals surface area contributed by atoms with Crippen molar-refractivity contribution in [3.63, 3.8) is 0 Å². The standard InChI is InChI=1S/C15H16BrFN2O4S/c16-9-1-2-12(17)11(4-9)15-7-23-10(5-20)3-8(15)6-24-13(19-15)18-14(21)22/h1-2,4,8,10,20H,3,5-7H2,(H,18,19)(H,21,22)/t8-,10+,15-/m0/s1. The predicted octanol–water partition coefficient (Wildman–Crippen LogP) is 2.55. The van der Waals surface area contributed by atoms with Gasteiger partial charge in [0.05, 0.1) is 19.3 Å². The molecule has 1 amide bonds. The molecular formula is C15H16BrFN2O4S. The van der Waals surface area contributed by atoms with Crippen molar-refractivity contribution < 1.29 is 24.1 Å². The van der Waals surface area contributed by atoms with Crippen LogP contribution in [0.25, 0.3) is 0 Å². The number of amidine groups is 1. The van der Waals surface area contributed by atoms with Gasteiger partial charge in [0.15, 0.2) is 5.17 Å². The summed E-state index contributed by atoms with van der Waals surface area (Å²) in [4.78, 5) is 15.5. The minimum absolute atomic E-state index is 0.0726. The molecular weight excluding hydrogens is 403 g/mol. The molecule has 2 aliphatic rings. The van der Waals surface area contributed by atoms with Gasteiger partial charge in [-0.05, 0) is 24.6 Å². The number of aliphatic hydroxyl groups excluding tert-OH is 1. The van der Waals surface area contributed by atoms with Crippen LogP contribution in [-0.2, 0) is 10.3 Å². The van der Waals surface area contributed by atoms with Gasteiger partial charge in [0, 0.05) is 21.7 Å². The summed E-state index contributed by atoms with van der Waals surface area (Å²) in [5.41, 5.74) is -0.647. The summed E-state index contributed by atoms with van der Waals surface area (Å²) < 4.78 is 20.9. The number of benzene rings is 1. The quantitative estimate of drug-likeness (QED) is 0.686.